The highest BCUT2D eigenvalue weighted by molar-refractivity contribution is 5.87. The Morgan fingerprint density at radius 1 is 1.04 bits per heavy atom. The standard InChI is InChI=1S/C21H21FN2O/c1-15(16-7-10-19(22)11-8-16)24(2)21(25)14-23-20-12-9-17-5-3-4-6-18(17)13-20/h3-13,15,23H,14H2,1-2H3. The summed E-state index contributed by atoms with van der Waals surface area (Å²) in [5.74, 6) is -0.298. The fraction of sp³-hybridized carbons (Fsp3) is 0.190. The largest absolute Gasteiger partial charge is 0.376 e. The Morgan fingerprint density at radius 2 is 1.72 bits per heavy atom. The Balaban J connectivity index is 1.63. The number of nitrogens with zero attached hydrogens (tertiary/aromatic N) is 1. The van der Waals surface area contributed by atoms with E-state index in [4.69, 9.17) is 0 Å². The number of benzene rings is 3. The van der Waals surface area contributed by atoms with Crippen LogP contribution in [0.25, 0.3) is 10.8 Å². The Labute approximate surface area is 147 Å². The van der Waals surface area contributed by atoms with Gasteiger partial charge in [-0.05, 0) is 47.5 Å². The number of anilines is 1. The Bertz CT molecular complexity index is 876. The molecule has 4 heteroatoms. The van der Waals surface area contributed by atoms with Crippen molar-refractivity contribution in [2.75, 3.05) is 18.9 Å². The zero-order valence-corrected chi connectivity index (χ0v) is 14.4. The first-order valence-electron chi connectivity index (χ1n) is 8.28. The van der Waals surface area contributed by atoms with E-state index in [1.165, 1.54) is 17.5 Å². The number of amides is 1. The fourth-order valence-corrected chi connectivity index (χ4v) is 2.78. The van der Waals surface area contributed by atoms with Gasteiger partial charge in [0.15, 0.2) is 0 Å². The summed E-state index contributed by atoms with van der Waals surface area (Å²) in [7, 11) is 1.76. The minimum Gasteiger partial charge on any atom is -0.376 e. The van der Waals surface area contributed by atoms with E-state index in [0.717, 1.165) is 16.6 Å². The average Bonchev–Trinajstić information content (AvgIpc) is 2.65. The highest BCUT2D eigenvalue weighted by atomic mass is 19.1. The number of rotatable bonds is 5. The van der Waals surface area contributed by atoms with Gasteiger partial charge in [-0.3, -0.25) is 4.79 Å². The van der Waals surface area contributed by atoms with Crippen LogP contribution in [0.3, 0.4) is 0 Å². The van der Waals surface area contributed by atoms with Gasteiger partial charge < -0.3 is 10.2 Å². The third-order valence-electron chi connectivity index (χ3n) is 4.52. The lowest BCUT2D eigenvalue weighted by Crippen LogP contribution is -2.34. The quantitative estimate of drug-likeness (QED) is 0.738. The van der Waals surface area contributed by atoms with Gasteiger partial charge in [-0.15, -0.1) is 0 Å². The molecule has 0 radical (unpaired) electrons. The smallest absolute Gasteiger partial charge is 0.242 e. The molecule has 0 heterocycles. The molecule has 3 aromatic carbocycles. The van der Waals surface area contributed by atoms with Crippen molar-refractivity contribution in [3.05, 3.63) is 78.1 Å². The molecule has 1 atom stereocenters. The molecule has 0 saturated carbocycles. The topological polar surface area (TPSA) is 32.3 Å². The van der Waals surface area contributed by atoms with Crippen molar-refractivity contribution in [3.63, 3.8) is 0 Å². The van der Waals surface area contributed by atoms with E-state index in [0.29, 0.717) is 0 Å². The maximum Gasteiger partial charge on any atom is 0.242 e. The summed E-state index contributed by atoms with van der Waals surface area (Å²) in [6, 6.07) is 20.3. The lowest BCUT2D eigenvalue weighted by Gasteiger charge is -2.25. The van der Waals surface area contributed by atoms with E-state index in [1.54, 1.807) is 24.1 Å². The first kappa shape index (κ1) is 17.0. The Hall–Kier alpha value is -2.88. The van der Waals surface area contributed by atoms with Gasteiger partial charge in [-0.1, -0.05) is 42.5 Å². The third kappa shape index (κ3) is 3.97. The van der Waals surface area contributed by atoms with E-state index in [9.17, 15) is 9.18 Å². The maximum atomic E-state index is 13.0. The van der Waals surface area contributed by atoms with E-state index < -0.39 is 0 Å². The number of hydrogen-bond donors (Lipinski definition) is 1. The zero-order valence-electron chi connectivity index (χ0n) is 14.4. The Kier molecular flexibility index (Phi) is 4.98. The molecule has 1 unspecified atom stereocenters. The Morgan fingerprint density at radius 3 is 2.44 bits per heavy atom. The number of carbonyl (C=O) groups is 1. The second-order valence-electron chi connectivity index (χ2n) is 6.15. The molecule has 0 bridgehead atoms. The average molecular weight is 336 g/mol. The predicted molar refractivity (Wildman–Crippen MR) is 100 cm³/mol. The van der Waals surface area contributed by atoms with Gasteiger partial charge in [0.25, 0.3) is 0 Å². The summed E-state index contributed by atoms with van der Waals surface area (Å²) < 4.78 is 13.0. The lowest BCUT2D eigenvalue weighted by molar-refractivity contribution is -0.129. The fourth-order valence-electron chi connectivity index (χ4n) is 2.78. The van der Waals surface area contributed by atoms with Crippen molar-refractivity contribution >= 4 is 22.4 Å². The third-order valence-corrected chi connectivity index (χ3v) is 4.52. The molecule has 3 nitrogen and oxygen atoms in total. The monoisotopic (exact) mass is 336 g/mol. The van der Waals surface area contributed by atoms with Crippen LogP contribution in [0.15, 0.2) is 66.7 Å². The molecular weight excluding hydrogens is 315 g/mol. The minimum absolute atomic E-state index is 0.0232. The van der Waals surface area contributed by atoms with Crippen LogP contribution >= 0.6 is 0 Å². The van der Waals surface area contributed by atoms with Crippen molar-refractivity contribution in [3.8, 4) is 0 Å². The summed E-state index contributed by atoms with van der Waals surface area (Å²) in [5.41, 5.74) is 1.82. The van der Waals surface area contributed by atoms with Crippen molar-refractivity contribution in [1.29, 1.82) is 0 Å². The van der Waals surface area contributed by atoms with Crippen molar-refractivity contribution < 1.29 is 9.18 Å². The van der Waals surface area contributed by atoms with Crippen LogP contribution in [-0.4, -0.2) is 24.4 Å². The lowest BCUT2D eigenvalue weighted by atomic mass is 10.1. The van der Waals surface area contributed by atoms with E-state index in [-0.39, 0.29) is 24.3 Å². The van der Waals surface area contributed by atoms with E-state index in [2.05, 4.69) is 11.4 Å². The van der Waals surface area contributed by atoms with Crippen LogP contribution in [0, 0.1) is 5.82 Å². The molecule has 128 valence electrons. The van der Waals surface area contributed by atoms with Crippen molar-refractivity contribution in [2.45, 2.75) is 13.0 Å². The number of halogens is 1. The van der Waals surface area contributed by atoms with Crippen LogP contribution < -0.4 is 5.32 Å². The highest BCUT2D eigenvalue weighted by Gasteiger charge is 2.17. The van der Waals surface area contributed by atoms with Crippen LogP contribution in [-0.2, 0) is 4.79 Å². The molecule has 0 aromatic heterocycles. The summed E-state index contributed by atoms with van der Waals surface area (Å²) in [5, 5.41) is 5.48. The predicted octanol–water partition coefficient (Wildman–Crippen LogP) is 4.61. The van der Waals surface area contributed by atoms with Gasteiger partial charge >= 0.3 is 0 Å². The summed E-state index contributed by atoms with van der Waals surface area (Å²) in [6.45, 7) is 2.14. The van der Waals surface area contributed by atoms with Gasteiger partial charge in [0.1, 0.15) is 5.82 Å². The molecule has 1 amide bonds. The van der Waals surface area contributed by atoms with Gasteiger partial charge in [0.05, 0.1) is 12.6 Å². The number of hydrogen-bond acceptors (Lipinski definition) is 2. The van der Waals surface area contributed by atoms with Crippen LogP contribution in [0.1, 0.15) is 18.5 Å². The number of nitrogens with one attached hydrogen (secondary N) is 1. The van der Waals surface area contributed by atoms with Crippen LogP contribution in [0.2, 0.25) is 0 Å². The molecule has 3 aromatic rings. The van der Waals surface area contributed by atoms with Crippen molar-refractivity contribution in [1.82, 2.24) is 4.90 Å². The highest BCUT2D eigenvalue weighted by Crippen LogP contribution is 2.21. The molecule has 0 aliphatic heterocycles. The molecular formula is C21H21FN2O. The SMILES string of the molecule is CC(c1ccc(F)cc1)N(C)C(=O)CNc1ccc2ccccc2c1. The molecule has 0 aliphatic carbocycles. The minimum atomic E-state index is -0.275. The first-order chi connectivity index (χ1) is 12.0. The van der Waals surface area contributed by atoms with Gasteiger partial charge in [-0.2, -0.15) is 0 Å². The molecule has 0 fully saturated rings. The first-order valence-corrected chi connectivity index (χ1v) is 8.28. The maximum absolute atomic E-state index is 13.0. The van der Waals surface area contributed by atoms with Crippen LogP contribution in [0.5, 0.6) is 0 Å². The number of carbonyl (C=O) groups excluding carboxylic acids is 1. The molecule has 3 rings (SSSR count). The second-order valence-corrected chi connectivity index (χ2v) is 6.15. The van der Waals surface area contributed by atoms with Gasteiger partial charge in [0, 0.05) is 12.7 Å². The van der Waals surface area contributed by atoms with E-state index >= 15 is 0 Å². The van der Waals surface area contributed by atoms with Crippen LogP contribution in [0.4, 0.5) is 10.1 Å². The molecule has 0 aliphatic rings. The molecule has 25 heavy (non-hydrogen) atoms. The molecule has 0 saturated heterocycles. The summed E-state index contributed by atoms with van der Waals surface area (Å²) in [4.78, 5) is 14.1. The molecule has 0 spiro atoms. The van der Waals surface area contributed by atoms with Gasteiger partial charge in [-0.25, -0.2) is 4.39 Å². The molecule has 1 N–H and O–H groups in total. The summed E-state index contributed by atoms with van der Waals surface area (Å²) >= 11 is 0. The zero-order chi connectivity index (χ0) is 17.8. The van der Waals surface area contributed by atoms with Crippen molar-refractivity contribution in [2.24, 2.45) is 0 Å². The second kappa shape index (κ2) is 7.34. The normalized spacial score (nSPS) is 12.0. The van der Waals surface area contributed by atoms with E-state index in [1.807, 2.05) is 43.3 Å². The number of likely N-dealkylation sites (N-methyl/N-ethyl adjacent to an activating group) is 1. The number of fused-ring (bicyclic) bond motifs is 1. The summed E-state index contributed by atoms with van der Waals surface area (Å²) in [6.07, 6.45) is 0. The van der Waals surface area contributed by atoms with Gasteiger partial charge in [0.2, 0.25) is 5.91 Å².